The lowest BCUT2D eigenvalue weighted by atomic mass is 10.1. The second-order valence-electron chi connectivity index (χ2n) is 7.15. The molecule has 0 saturated carbocycles. The second kappa shape index (κ2) is 8.75. The number of anilines is 1. The number of carbonyl (C=O) groups is 2. The fourth-order valence-electron chi connectivity index (χ4n) is 3.51. The summed E-state index contributed by atoms with van der Waals surface area (Å²) in [6.07, 6.45) is 2.55. The molecular formula is C21H25N3O4S. The Bertz CT molecular complexity index is 1000. The molecule has 0 spiro atoms. The van der Waals surface area contributed by atoms with Crippen LogP contribution in [0.1, 0.15) is 30.9 Å². The van der Waals surface area contributed by atoms with Crippen LogP contribution >= 0.6 is 0 Å². The van der Waals surface area contributed by atoms with Gasteiger partial charge in [0.2, 0.25) is 21.8 Å². The van der Waals surface area contributed by atoms with Gasteiger partial charge < -0.3 is 5.32 Å². The Morgan fingerprint density at radius 1 is 1.14 bits per heavy atom. The Kier molecular flexibility index (Phi) is 6.34. The van der Waals surface area contributed by atoms with E-state index in [1.807, 2.05) is 24.3 Å². The number of fused-ring (bicyclic) bond motifs is 1. The van der Waals surface area contributed by atoms with Crippen molar-refractivity contribution in [2.45, 2.75) is 43.5 Å². The first-order valence-electron chi connectivity index (χ1n) is 9.57. The van der Waals surface area contributed by atoms with Gasteiger partial charge in [-0.3, -0.25) is 14.5 Å². The van der Waals surface area contributed by atoms with Crippen LogP contribution < -0.4 is 15.4 Å². The third-order valence-electron chi connectivity index (χ3n) is 5.09. The van der Waals surface area contributed by atoms with Crippen LogP contribution in [0.25, 0.3) is 0 Å². The first-order valence-corrected chi connectivity index (χ1v) is 11.1. The van der Waals surface area contributed by atoms with Gasteiger partial charge in [-0.2, -0.15) is 0 Å². The number of hydrogen-bond donors (Lipinski definition) is 2. The summed E-state index contributed by atoms with van der Waals surface area (Å²) >= 11 is 0. The summed E-state index contributed by atoms with van der Waals surface area (Å²) in [5.74, 6) is -0.271. The summed E-state index contributed by atoms with van der Waals surface area (Å²) in [5.41, 5.74) is 2.76. The zero-order chi connectivity index (χ0) is 21.0. The van der Waals surface area contributed by atoms with E-state index in [4.69, 9.17) is 5.14 Å². The standard InChI is InChI=1S/C21H25N3O4S/c1-15(24-19-7-3-2-5-17(19)6-4-8-20(24)25)21(26)23-14-13-16-9-11-18(12-10-16)29(22,27)28/h2-3,5,7,9-12,15H,4,6,8,13-14H2,1H3,(H,23,26)(H2,22,27,28). The minimum Gasteiger partial charge on any atom is -0.354 e. The molecule has 2 aromatic rings. The van der Waals surface area contributed by atoms with Crippen LogP contribution in [0.15, 0.2) is 53.4 Å². The molecule has 1 aliphatic heterocycles. The summed E-state index contributed by atoms with van der Waals surface area (Å²) in [7, 11) is -3.72. The van der Waals surface area contributed by atoms with Crippen molar-refractivity contribution < 1.29 is 18.0 Å². The average Bonchev–Trinajstić information content (AvgIpc) is 2.85. The number of nitrogens with two attached hydrogens (primary N) is 1. The van der Waals surface area contributed by atoms with E-state index in [0.717, 1.165) is 29.7 Å². The Morgan fingerprint density at radius 3 is 2.52 bits per heavy atom. The van der Waals surface area contributed by atoms with E-state index in [9.17, 15) is 18.0 Å². The smallest absolute Gasteiger partial charge is 0.242 e. The molecule has 1 heterocycles. The van der Waals surface area contributed by atoms with Gasteiger partial charge in [0.25, 0.3) is 0 Å². The van der Waals surface area contributed by atoms with Crippen LogP contribution in [0.2, 0.25) is 0 Å². The molecule has 29 heavy (non-hydrogen) atoms. The van der Waals surface area contributed by atoms with Crippen molar-refractivity contribution in [2.75, 3.05) is 11.4 Å². The van der Waals surface area contributed by atoms with E-state index in [2.05, 4.69) is 5.32 Å². The quantitative estimate of drug-likeness (QED) is 0.749. The maximum atomic E-state index is 12.7. The molecule has 3 rings (SSSR count). The molecule has 1 unspecified atom stereocenters. The molecular weight excluding hydrogens is 390 g/mol. The monoisotopic (exact) mass is 415 g/mol. The minimum atomic E-state index is -3.72. The van der Waals surface area contributed by atoms with Crippen LogP contribution in [-0.2, 0) is 32.5 Å². The van der Waals surface area contributed by atoms with Crippen molar-refractivity contribution in [3.8, 4) is 0 Å². The van der Waals surface area contributed by atoms with Crippen LogP contribution in [0.5, 0.6) is 0 Å². The molecule has 0 aromatic heterocycles. The van der Waals surface area contributed by atoms with Crippen LogP contribution in [-0.4, -0.2) is 32.8 Å². The van der Waals surface area contributed by atoms with Crippen molar-refractivity contribution >= 4 is 27.5 Å². The number of sulfonamides is 1. The number of aryl methyl sites for hydroxylation is 1. The molecule has 2 aromatic carbocycles. The highest BCUT2D eigenvalue weighted by Gasteiger charge is 2.30. The van der Waals surface area contributed by atoms with Crippen LogP contribution in [0.4, 0.5) is 5.69 Å². The Morgan fingerprint density at radius 2 is 1.83 bits per heavy atom. The third-order valence-corrected chi connectivity index (χ3v) is 6.02. The van der Waals surface area contributed by atoms with Gasteiger partial charge in [-0.05, 0) is 55.5 Å². The number of hydrogen-bond acceptors (Lipinski definition) is 4. The number of benzene rings is 2. The summed E-state index contributed by atoms with van der Waals surface area (Å²) in [6, 6.07) is 13.3. The first kappa shape index (κ1) is 21.0. The Labute approximate surface area is 171 Å². The highest BCUT2D eigenvalue weighted by molar-refractivity contribution is 7.89. The van der Waals surface area contributed by atoms with Gasteiger partial charge in [-0.25, -0.2) is 13.6 Å². The van der Waals surface area contributed by atoms with Crippen molar-refractivity contribution in [2.24, 2.45) is 5.14 Å². The Hall–Kier alpha value is -2.71. The van der Waals surface area contributed by atoms with Crippen molar-refractivity contribution in [3.05, 3.63) is 59.7 Å². The molecule has 0 saturated heterocycles. The predicted molar refractivity (Wildman–Crippen MR) is 111 cm³/mol. The SMILES string of the molecule is CC(C(=O)NCCc1ccc(S(N)(=O)=O)cc1)N1C(=O)CCCc2ccccc21. The summed E-state index contributed by atoms with van der Waals surface area (Å²) < 4.78 is 22.6. The predicted octanol–water partition coefficient (Wildman–Crippen LogP) is 1.75. The fraction of sp³-hybridized carbons (Fsp3) is 0.333. The molecule has 0 bridgehead atoms. The van der Waals surface area contributed by atoms with E-state index < -0.39 is 16.1 Å². The lowest BCUT2D eigenvalue weighted by Crippen LogP contribution is -2.48. The summed E-state index contributed by atoms with van der Waals surface area (Å²) in [6.45, 7) is 2.11. The second-order valence-corrected chi connectivity index (χ2v) is 8.71. The molecule has 3 N–H and O–H groups in total. The van der Waals surface area contributed by atoms with E-state index in [0.29, 0.717) is 19.4 Å². The molecule has 2 amide bonds. The normalized spacial score (nSPS) is 15.4. The maximum Gasteiger partial charge on any atom is 0.242 e. The van der Waals surface area contributed by atoms with Crippen LogP contribution in [0, 0.1) is 0 Å². The zero-order valence-corrected chi connectivity index (χ0v) is 17.1. The van der Waals surface area contributed by atoms with Gasteiger partial charge in [0, 0.05) is 18.7 Å². The van der Waals surface area contributed by atoms with Crippen LogP contribution in [0.3, 0.4) is 0 Å². The lowest BCUT2D eigenvalue weighted by molar-refractivity contribution is -0.126. The molecule has 7 nitrogen and oxygen atoms in total. The lowest BCUT2D eigenvalue weighted by Gasteiger charge is -2.28. The fourth-order valence-corrected chi connectivity index (χ4v) is 4.02. The molecule has 154 valence electrons. The summed E-state index contributed by atoms with van der Waals surface area (Å²) in [5, 5.41) is 7.96. The molecule has 1 atom stereocenters. The molecule has 8 heteroatoms. The number of para-hydroxylation sites is 1. The minimum absolute atomic E-state index is 0.0452. The topological polar surface area (TPSA) is 110 Å². The number of amides is 2. The number of nitrogens with zero attached hydrogens (tertiary/aromatic N) is 1. The third kappa shape index (κ3) is 5.02. The van der Waals surface area contributed by atoms with E-state index >= 15 is 0 Å². The molecule has 0 fully saturated rings. The molecule has 1 aliphatic rings. The average molecular weight is 416 g/mol. The van der Waals surface area contributed by atoms with Crippen molar-refractivity contribution in [1.29, 1.82) is 0 Å². The number of primary sulfonamides is 1. The maximum absolute atomic E-state index is 12.7. The highest BCUT2D eigenvalue weighted by Crippen LogP contribution is 2.28. The van der Waals surface area contributed by atoms with Gasteiger partial charge >= 0.3 is 0 Å². The van der Waals surface area contributed by atoms with Crippen molar-refractivity contribution in [3.63, 3.8) is 0 Å². The first-order chi connectivity index (χ1) is 13.8. The van der Waals surface area contributed by atoms with Gasteiger partial charge in [0.15, 0.2) is 0 Å². The molecule has 0 aliphatic carbocycles. The zero-order valence-electron chi connectivity index (χ0n) is 16.3. The number of nitrogens with one attached hydrogen (secondary N) is 1. The number of carbonyl (C=O) groups excluding carboxylic acids is 2. The largest absolute Gasteiger partial charge is 0.354 e. The van der Waals surface area contributed by atoms with Gasteiger partial charge in [0.05, 0.1) is 4.90 Å². The van der Waals surface area contributed by atoms with E-state index in [1.54, 1.807) is 24.0 Å². The van der Waals surface area contributed by atoms with Gasteiger partial charge in [0.1, 0.15) is 6.04 Å². The van der Waals surface area contributed by atoms with Crippen molar-refractivity contribution in [1.82, 2.24) is 5.32 Å². The van der Waals surface area contributed by atoms with Gasteiger partial charge in [-0.1, -0.05) is 30.3 Å². The molecule has 0 radical (unpaired) electrons. The van der Waals surface area contributed by atoms with E-state index in [1.165, 1.54) is 12.1 Å². The Balaban J connectivity index is 1.63. The van der Waals surface area contributed by atoms with Gasteiger partial charge in [-0.15, -0.1) is 0 Å². The summed E-state index contributed by atoms with van der Waals surface area (Å²) in [4.78, 5) is 27.0. The number of rotatable bonds is 6. The van der Waals surface area contributed by atoms with E-state index in [-0.39, 0.29) is 16.7 Å². The highest BCUT2D eigenvalue weighted by atomic mass is 32.2.